The van der Waals surface area contributed by atoms with Crippen LogP contribution in [0.2, 0.25) is 10.0 Å². The number of thiazole rings is 1. The minimum Gasteiger partial charge on any atom is -0.494 e. The highest BCUT2D eigenvalue weighted by Gasteiger charge is 2.13. The van der Waals surface area contributed by atoms with Crippen molar-refractivity contribution in [2.75, 3.05) is 12.4 Å². The van der Waals surface area contributed by atoms with Crippen LogP contribution in [0.15, 0.2) is 41.8 Å². The first kappa shape index (κ1) is 17.7. The molecule has 0 radical (unpaired) electrons. The summed E-state index contributed by atoms with van der Waals surface area (Å²) in [6, 6.07) is 9.11. The molecule has 0 bridgehead atoms. The molecular formula is C17H11Cl2FN2O2S. The third-order valence-corrected chi connectivity index (χ3v) is 4.49. The molecule has 1 amide bonds. The van der Waals surface area contributed by atoms with E-state index < -0.39 is 5.82 Å². The number of hydrogen-bond donors (Lipinski definition) is 1. The molecule has 0 aliphatic carbocycles. The van der Waals surface area contributed by atoms with Crippen molar-refractivity contribution in [1.29, 1.82) is 0 Å². The van der Waals surface area contributed by atoms with Gasteiger partial charge in [-0.2, -0.15) is 0 Å². The lowest BCUT2D eigenvalue weighted by molar-refractivity contribution is 0.102. The second-order valence-electron chi connectivity index (χ2n) is 5.00. The van der Waals surface area contributed by atoms with Gasteiger partial charge in [-0.25, -0.2) is 9.37 Å². The molecule has 3 rings (SSSR count). The molecule has 0 atom stereocenters. The molecule has 0 fully saturated rings. The minimum absolute atomic E-state index is 0.158. The molecule has 8 heteroatoms. The lowest BCUT2D eigenvalue weighted by Gasteiger charge is -2.04. The summed E-state index contributed by atoms with van der Waals surface area (Å²) < 4.78 is 18.7. The van der Waals surface area contributed by atoms with E-state index in [-0.39, 0.29) is 11.7 Å². The van der Waals surface area contributed by atoms with E-state index in [1.165, 1.54) is 42.7 Å². The highest BCUT2D eigenvalue weighted by molar-refractivity contribution is 7.14. The Labute approximate surface area is 157 Å². The zero-order valence-electron chi connectivity index (χ0n) is 12.8. The van der Waals surface area contributed by atoms with Gasteiger partial charge in [0.1, 0.15) is 0 Å². The van der Waals surface area contributed by atoms with Crippen LogP contribution in [0.1, 0.15) is 10.4 Å². The van der Waals surface area contributed by atoms with E-state index in [0.717, 1.165) is 0 Å². The van der Waals surface area contributed by atoms with Crippen molar-refractivity contribution < 1.29 is 13.9 Å². The molecule has 0 saturated carbocycles. The summed E-state index contributed by atoms with van der Waals surface area (Å²) in [4.78, 5) is 16.6. The molecule has 25 heavy (non-hydrogen) atoms. The minimum atomic E-state index is -0.479. The summed E-state index contributed by atoms with van der Waals surface area (Å²) in [6.45, 7) is 0. The van der Waals surface area contributed by atoms with E-state index in [1.54, 1.807) is 17.5 Å². The van der Waals surface area contributed by atoms with E-state index in [0.29, 0.717) is 32.0 Å². The molecule has 2 aromatic carbocycles. The number of hydrogen-bond acceptors (Lipinski definition) is 4. The molecule has 3 aromatic rings. The van der Waals surface area contributed by atoms with Gasteiger partial charge in [-0.05, 0) is 36.4 Å². The van der Waals surface area contributed by atoms with Gasteiger partial charge in [-0.1, -0.05) is 23.2 Å². The number of carbonyl (C=O) groups excluding carboxylic acids is 1. The first-order chi connectivity index (χ1) is 12.0. The van der Waals surface area contributed by atoms with Crippen LogP contribution in [0.3, 0.4) is 0 Å². The second-order valence-corrected chi connectivity index (χ2v) is 6.73. The zero-order chi connectivity index (χ0) is 18.0. The summed E-state index contributed by atoms with van der Waals surface area (Å²) in [6.07, 6.45) is 0. The smallest absolute Gasteiger partial charge is 0.257 e. The van der Waals surface area contributed by atoms with Gasteiger partial charge in [0.2, 0.25) is 0 Å². The predicted molar refractivity (Wildman–Crippen MR) is 98.5 cm³/mol. The maximum absolute atomic E-state index is 13.8. The average Bonchev–Trinajstić information content (AvgIpc) is 3.02. The van der Waals surface area contributed by atoms with Crippen LogP contribution in [0.5, 0.6) is 5.75 Å². The normalized spacial score (nSPS) is 10.6. The maximum atomic E-state index is 13.8. The van der Waals surface area contributed by atoms with Crippen molar-refractivity contribution in [1.82, 2.24) is 4.98 Å². The number of rotatable bonds is 4. The number of anilines is 1. The zero-order valence-corrected chi connectivity index (χ0v) is 15.2. The van der Waals surface area contributed by atoms with Crippen LogP contribution >= 0.6 is 34.5 Å². The summed E-state index contributed by atoms with van der Waals surface area (Å²) in [5.41, 5.74) is 1.46. The van der Waals surface area contributed by atoms with Crippen LogP contribution in [0.25, 0.3) is 11.3 Å². The average molecular weight is 397 g/mol. The molecule has 4 nitrogen and oxygen atoms in total. The number of nitrogens with zero attached hydrogens (tertiary/aromatic N) is 1. The number of halogens is 3. The Balaban J connectivity index is 1.79. The van der Waals surface area contributed by atoms with Crippen LogP contribution in [-0.4, -0.2) is 18.0 Å². The number of ether oxygens (including phenoxy) is 1. The quantitative estimate of drug-likeness (QED) is 0.631. The van der Waals surface area contributed by atoms with Gasteiger partial charge in [0.05, 0.1) is 12.8 Å². The van der Waals surface area contributed by atoms with Gasteiger partial charge in [0.25, 0.3) is 5.91 Å². The van der Waals surface area contributed by atoms with Crippen LogP contribution in [0.4, 0.5) is 9.52 Å². The molecule has 1 heterocycles. The van der Waals surface area contributed by atoms with E-state index in [1.807, 2.05) is 0 Å². The van der Waals surface area contributed by atoms with Gasteiger partial charge in [0.15, 0.2) is 16.7 Å². The van der Waals surface area contributed by atoms with Crippen LogP contribution in [0, 0.1) is 5.82 Å². The van der Waals surface area contributed by atoms with Crippen LogP contribution < -0.4 is 10.1 Å². The van der Waals surface area contributed by atoms with E-state index in [9.17, 15) is 9.18 Å². The van der Waals surface area contributed by atoms with E-state index in [4.69, 9.17) is 27.9 Å². The number of carbonyl (C=O) groups is 1. The molecule has 0 aliphatic heterocycles. The molecular weight excluding hydrogens is 386 g/mol. The number of amides is 1. The Morgan fingerprint density at radius 1 is 1.20 bits per heavy atom. The van der Waals surface area contributed by atoms with Crippen molar-refractivity contribution in [3.8, 4) is 17.0 Å². The van der Waals surface area contributed by atoms with Gasteiger partial charge in [-0.15, -0.1) is 11.3 Å². The van der Waals surface area contributed by atoms with Gasteiger partial charge >= 0.3 is 0 Å². The first-order valence-corrected chi connectivity index (χ1v) is 8.66. The Bertz CT molecular complexity index is 926. The Hall–Kier alpha value is -2.15. The highest BCUT2D eigenvalue weighted by atomic mass is 35.5. The number of benzene rings is 2. The fourth-order valence-corrected chi connectivity index (χ4v) is 3.38. The van der Waals surface area contributed by atoms with Crippen molar-refractivity contribution >= 4 is 45.6 Å². The molecule has 0 aliphatic rings. The van der Waals surface area contributed by atoms with Crippen molar-refractivity contribution in [2.45, 2.75) is 0 Å². The van der Waals surface area contributed by atoms with Crippen molar-refractivity contribution in [3.63, 3.8) is 0 Å². The maximum Gasteiger partial charge on any atom is 0.257 e. The van der Waals surface area contributed by atoms with Gasteiger partial charge in [0, 0.05) is 26.6 Å². The molecule has 128 valence electrons. The lowest BCUT2D eigenvalue weighted by Crippen LogP contribution is -2.11. The SMILES string of the molecule is COc1ccc(-c2csc(NC(=O)c3cc(Cl)cc(Cl)c3)n2)cc1F. The van der Waals surface area contributed by atoms with E-state index in [2.05, 4.69) is 10.3 Å². The van der Waals surface area contributed by atoms with Gasteiger partial charge < -0.3 is 4.74 Å². The standard InChI is InChI=1S/C17H11Cl2FN2O2S/c1-24-15-3-2-9(6-13(15)20)14-8-25-17(21-14)22-16(23)10-4-11(18)7-12(19)5-10/h2-8H,1H3,(H,21,22,23). The van der Waals surface area contributed by atoms with Crippen molar-refractivity contribution in [3.05, 3.63) is 63.2 Å². The summed E-state index contributed by atoms with van der Waals surface area (Å²) >= 11 is 13.0. The largest absolute Gasteiger partial charge is 0.494 e. The third-order valence-electron chi connectivity index (χ3n) is 3.30. The fourth-order valence-electron chi connectivity index (χ4n) is 2.14. The Morgan fingerprint density at radius 3 is 2.56 bits per heavy atom. The summed E-state index contributed by atoms with van der Waals surface area (Å²) in [5, 5.41) is 5.51. The number of methoxy groups -OCH3 is 1. The fraction of sp³-hybridized carbons (Fsp3) is 0.0588. The highest BCUT2D eigenvalue weighted by Crippen LogP contribution is 2.29. The number of aromatic nitrogens is 1. The Morgan fingerprint density at radius 2 is 1.92 bits per heavy atom. The third kappa shape index (κ3) is 4.10. The molecule has 0 saturated heterocycles. The van der Waals surface area contributed by atoms with Crippen molar-refractivity contribution in [2.24, 2.45) is 0 Å². The molecule has 0 unspecified atom stereocenters. The topological polar surface area (TPSA) is 51.2 Å². The lowest BCUT2D eigenvalue weighted by atomic mass is 10.1. The summed E-state index contributed by atoms with van der Waals surface area (Å²) in [5.74, 6) is -0.705. The monoisotopic (exact) mass is 396 g/mol. The van der Waals surface area contributed by atoms with E-state index >= 15 is 0 Å². The first-order valence-electron chi connectivity index (χ1n) is 7.03. The predicted octanol–water partition coefficient (Wildman–Crippen LogP) is 5.52. The molecule has 0 spiro atoms. The summed E-state index contributed by atoms with van der Waals surface area (Å²) in [7, 11) is 1.40. The molecule has 1 N–H and O–H groups in total. The Kier molecular flexibility index (Phi) is 5.22. The molecule has 1 aromatic heterocycles. The second kappa shape index (κ2) is 7.39. The number of nitrogens with one attached hydrogen (secondary N) is 1. The van der Waals surface area contributed by atoms with Gasteiger partial charge in [-0.3, -0.25) is 10.1 Å². The van der Waals surface area contributed by atoms with Crippen LogP contribution in [-0.2, 0) is 0 Å².